The first-order valence-corrected chi connectivity index (χ1v) is 4.22. The Morgan fingerprint density at radius 3 is 1.82 bits per heavy atom. The standard InChI is InChI=1S/C8H4BF8/c10-7(11)4-1-5(8(12,13)14)3-6(2-4)9(15,16)17/h1-3,7H/q-1. The fourth-order valence-corrected chi connectivity index (χ4v) is 1.16. The van der Waals surface area contributed by atoms with E-state index in [2.05, 4.69) is 0 Å². The van der Waals surface area contributed by atoms with Crippen molar-refractivity contribution in [1.29, 1.82) is 0 Å². The zero-order valence-corrected chi connectivity index (χ0v) is 7.91. The zero-order valence-electron chi connectivity index (χ0n) is 7.91. The van der Waals surface area contributed by atoms with Crippen LogP contribution in [-0.4, -0.2) is 6.98 Å². The fourth-order valence-electron chi connectivity index (χ4n) is 1.16. The van der Waals surface area contributed by atoms with Gasteiger partial charge in [-0.05, 0) is 6.07 Å². The van der Waals surface area contributed by atoms with E-state index < -0.39 is 36.2 Å². The third-order valence-electron chi connectivity index (χ3n) is 1.93. The first-order valence-electron chi connectivity index (χ1n) is 4.22. The SMILES string of the molecule is FC(F)c1cc([B-](F)(F)F)cc(C(F)(F)F)c1. The smallest absolute Gasteiger partial charge is 0.445 e. The molecule has 0 radical (unpaired) electrons. The van der Waals surface area contributed by atoms with Crippen LogP contribution < -0.4 is 5.46 Å². The fraction of sp³-hybridized carbons (Fsp3) is 0.250. The summed E-state index contributed by atoms with van der Waals surface area (Å²) in [5, 5.41) is 0. The minimum absolute atomic E-state index is 0.00991. The van der Waals surface area contributed by atoms with Crippen LogP contribution in [0.2, 0.25) is 0 Å². The molecule has 1 aromatic carbocycles. The van der Waals surface area contributed by atoms with Gasteiger partial charge in [0.15, 0.2) is 0 Å². The molecule has 0 aliphatic carbocycles. The molecule has 0 saturated heterocycles. The topological polar surface area (TPSA) is 0 Å². The van der Waals surface area contributed by atoms with Gasteiger partial charge >= 0.3 is 13.2 Å². The Kier molecular flexibility index (Phi) is 3.40. The van der Waals surface area contributed by atoms with Crippen LogP contribution in [0.5, 0.6) is 0 Å². The Morgan fingerprint density at radius 2 is 1.47 bits per heavy atom. The van der Waals surface area contributed by atoms with E-state index in [1.54, 1.807) is 0 Å². The van der Waals surface area contributed by atoms with Crippen LogP contribution in [0.3, 0.4) is 0 Å². The molecule has 0 aliphatic rings. The van der Waals surface area contributed by atoms with Crippen LogP contribution in [0.25, 0.3) is 0 Å². The Morgan fingerprint density at radius 1 is 0.941 bits per heavy atom. The van der Waals surface area contributed by atoms with Crippen molar-refractivity contribution in [3.63, 3.8) is 0 Å². The molecule has 0 aromatic heterocycles. The van der Waals surface area contributed by atoms with Gasteiger partial charge in [-0.1, -0.05) is 12.1 Å². The summed E-state index contributed by atoms with van der Waals surface area (Å²) in [5.41, 5.74) is -4.71. The Hall–Kier alpha value is -1.28. The van der Waals surface area contributed by atoms with Crippen molar-refractivity contribution in [1.82, 2.24) is 0 Å². The molecular weight excluding hydrogens is 259 g/mol. The van der Waals surface area contributed by atoms with Gasteiger partial charge < -0.3 is 12.9 Å². The summed E-state index contributed by atoms with van der Waals surface area (Å²) in [6.07, 6.45) is -8.49. The molecule has 0 nitrogen and oxygen atoms in total. The van der Waals surface area contributed by atoms with Crippen LogP contribution in [0, 0.1) is 0 Å². The van der Waals surface area contributed by atoms with E-state index in [0.717, 1.165) is 0 Å². The normalized spacial score (nSPS) is 13.2. The number of benzene rings is 1. The number of halogens is 8. The van der Waals surface area contributed by atoms with E-state index in [-0.39, 0.29) is 18.2 Å². The molecule has 1 rings (SSSR count). The van der Waals surface area contributed by atoms with Crippen molar-refractivity contribution in [2.45, 2.75) is 12.6 Å². The van der Waals surface area contributed by atoms with Crippen LogP contribution in [0.1, 0.15) is 17.6 Å². The molecule has 0 amide bonds. The zero-order chi connectivity index (χ0) is 13.4. The van der Waals surface area contributed by atoms with E-state index in [1.165, 1.54) is 0 Å². The summed E-state index contributed by atoms with van der Waals surface area (Å²) in [6, 6.07) is -0.137. The first kappa shape index (κ1) is 13.8. The number of rotatable bonds is 2. The van der Waals surface area contributed by atoms with Crippen molar-refractivity contribution in [3.05, 3.63) is 29.3 Å². The second-order valence-electron chi connectivity index (χ2n) is 3.26. The quantitative estimate of drug-likeness (QED) is 0.563. The van der Waals surface area contributed by atoms with Gasteiger partial charge in [-0.2, -0.15) is 13.2 Å². The van der Waals surface area contributed by atoms with E-state index in [1.807, 2.05) is 0 Å². The van der Waals surface area contributed by atoms with E-state index in [9.17, 15) is 34.9 Å². The average molecular weight is 263 g/mol. The molecule has 0 unspecified atom stereocenters. The average Bonchev–Trinajstić information content (AvgIpc) is 2.14. The number of hydrogen-bond acceptors (Lipinski definition) is 0. The Bertz CT molecular complexity index is 373. The van der Waals surface area contributed by atoms with Crippen LogP contribution >= 0.6 is 0 Å². The summed E-state index contributed by atoms with van der Waals surface area (Å²) < 4.78 is 97.7. The van der Waals surface area contributed by atoms with E-state index in [0.29, 0.717) is 0 Å². The lowest BCUT2D eigenvalue weighted by Crippen LogP contribution is -2.35. The highest BCUT2D eigenvalue weighted by molar-refractivity contribution is 6.73. The maximum Gasteiger partial charge on any atom is 0.509 e. The van der Waals surface area contributed by atoms with Crippen molar-refractivity contribution in [2.24, 2.45) is 0 Å². The summed E-state index contributed by atoms with van der Waals surface area (Å²) in [6.45, 7) is -5.76. The van der Waals surface area contributed by atoms with Gasteiger partial charge in [-0.25, -0.2) is 8.78 Å². The molecular formula is C8H4BF8-. The van der Waals surface area contributed by atoms with Gasteiger partial charge in [0, 0.05) is 5.56 Å². The third kappa shape index (κ3) is 3.34. The van der Waals surface area contributed by atoms with Crippen molar-refractivity contribution in [2.75, 3.05) is 0 Å². The summed E-state index contributed by atoms with van der Waals surface area (Å²) >= 11 is 0. The predicted octanol–water partition coefficient (Wildman–Crippen LogP) is 3.70. The van der Waals surface area contributed by atoms with Crippen LogP contribution in [0.4, 0.5) is 34.9 Å². The van der Waals surface area contributed by atoms with Gasteiger partial charge in [0.2, 0.25) is 0 Å². The first-order chi connectivity index (χ1) is 7.51. The van der Waals surface area contributed by atoms with Gasteiger partial charge in [0.05, 0.1) is 5.56 Å². The molecule has 17 heavy (non-hydrogen) atoms. The van der Waals surface area contributed by atoms with Gasteiger partial charge in [-0.3, -0.25) is 0 Å². The molecule has 0 saturated carbocycles. The second kappa shape index (κ2) is 4.19. The number of hydrogen-bond donors (Lipinski definition) is 0. The van der Waals surface area contributed by atoms with E-state index >= 15 is 0 Å². The molecule has 0 bridgehead atoms. The molecule has 0 aliphatic heterocycles. The van der Waals surface area contributed by atoms with Crippen molar-refractivity contribution < 1.29 is 34.9 Å². The van der Waals surface area contributed by atoms with Crippen LogP contribution in [-0.2, 0) is 6.18 Å². The maximum absolute atomic E-state index is 12.2. The summed E-state index contributed by atoms with van der Waals surface area (Å²) in [4.78, 5) is 0. The summed E-state index contributed by atoms with van der Waals surface area (Å²) in [7, 11) is 0. The minimum atomic E-state index is -5.76. The molecule has 0 heterocycles. The Labute approximate surface area is 90.3 Å². The van der Waals surface area contributed by atoms with E-state index in [4.69, 9.17) is 0 Å². The molecule has 0 atom stereocenters. The lowest BCUT2D eigenvalue weighted by atomic mass is 9.78. The molecule has 96 valence electrons. The molecule has 0 fully saturated rings. The lowest BCUT2D eigenvalue weighted by Gasteiger charge is -2.18. The highest BCUT2D eigenvalue weighted by Gasteiger charge is 2.35. The summed E-state index contributed by atoms with van der Waals surface area (Å²) in [5.74, 6) is 0. The highest BCUT2D eigenvalue weighted by atomic mass is 19.4. The second-order valence-corrected chi connectivity index (χ2v) is 3.26. The monoisotopic (exact) mass is 263 g/mol. The van der Waals surface area contributed by atoms with Crippen molar-refractivity contribution in [3.8, 4) is 0 Å². The molecule has 9 heteroatoms. The predicted molar refractivity (Wildman–Crippen MR) is 45.1 cm³/mol. The van der Waals surface area contributed by atoms with Crippen molar-refractivity contribution >= 4 is 12.4 Å². The number of alkyl halides is 5. The maximum atomic E-state index is 12.2. The molecule has 0 N–H and O–H groups in total. The third-order valence-corrected chi connectivity index (χ3v) is 1.93. The van der Waals surface area contributed by atoms with Crippen LogP contribution in [0.15, 0.2) is 18.2 Å². The van der Waals surface area contributed by atoms with Gasteiger partial charge in [-0.15, -0.1) is 5.46 Å². The minimum Gasteiger partial charge on any atom is -0.445 e. The highest BCUT2D eigenvalue weighted by Crippen LogP contribution is 2.32. The van der Waals surface area contributed by atoms with Gasteiger partial charge in [0.1, 0.15) is 0 Å². The largest absolute Gasteiger partial charge is 0.509 e. The van der Waals surface area contributed by atoms with Gasteiger partial charge in [0.25, 0.3) is 6.43 Å². The molecule has 1 aromatic rings. The molecule has 0 spiro atoms. The Balaban J connectivity index is 3.40. The lowest BCUT2D eigenvalue weighted by molar-refractivity contribution is -0.137.